The Morgan fingerprint density at radius 2 is 1.75 bits per heavy atom. The van der Waals surface area contributed by atoms with Gasteiger partial charge in [-0.2, -0.15) is 0 Å². The summed E-state index contributed by atoms with van der Waals surface area (Å²) in [7, 11) is -0.563. The fraction of sp³-hybridized carbons (Fsp3) is 0.538. The predicted molar refractivity (Wildman–Crippen MR) is 72.7 cm³/mol. The van der Waals surface area contributed by atoms with Crippen molar-refractivity contribution in [1.29, 1.82) is 0 Å². The van der Waals surface area contributed by atoms with E-state index >= 15 is 0 Å². The minimum atomic E-state index is -3.17. The van der Waals surface area contributed by atoms with E-state index in [1.54, 1.807) is 12.1 Å². The first-order chi connectivity index (χ1) is 9.38. The summed E-state index contributed by atoms with van der Waals surface area (Å²) in [6.07, 6.45) is 0.591. The highest BCUT2D eigenvalue weighted by molar-refractivity contribution is 7.52. The van der Waals surface area contributed by atoms with E-state index in [1.807, 2.05) is 0 Å². The Labute approximate surface area is 118 Å². The smallest absolute Gasteiger partial charge is 0.337 e. The molecule has 0 saturated carbocycles. The minimum Gasteiger partial charge on any atom is -0.465 e. The molecule has 20 heavy (non-hydrogen) atoms. The van der Waals surface area contributed by atoms with Gasteiger partial charge in [-0.05, 0) is 19.1 Å². The molecule has 0 spiro atoms. The zero-order valence-electron chi connectivity index (χ0n) is 11.9. The molecule has 0 aliphatic carbocycles. The van der Waals surface area contributed by atoms with Crippen LogP contribution in [0.4, 0.5) is 0 Å². The molecule has 7 heteroatoms. The molecular formula is C13H19O6P. The van der Waals surface area contributed by atoms with Gasteiger partial charge in [-0.25, -0.2) is 0 Å². The zero-order valence-corrected chi connectivity index (χ0v) is 12.8. The lowest BCUT2D eigenvalue weighted by molar-refractivity contribution is -0.123. The molecule has 0 radical (unpaired) electrons. The van der Waals surface area contributed by atoms with E-state index in [0.29, 0.717) is 11.5 Å². The van der Waals surface area contributed by atoms with Crippen LogP contribution in [0.1, 0.15) is 31.3 Å². The van der Waals surface area contributed by atoms with Crippen LogP contribution in [0.25, 0.3) is 0 Å². The lowest BCUT2D eigenvalue weighted by atomic mass is 10.1. The molecule has 112 valence electrons. The topological polar surface area (TPSA) is 82.8 Å². The second-order valence-electron chi connectivity index (χ2n) is 4.42. The average molecular weight is 302 g/mol. The van der Waals surface area contributed by atoms with E-state index in [0.717, 1.165) is 0 Å². The van der Waals surface area contributed by atoms with Crippen molar-refractivity contribution in [3.8, 4) is 0 Å². The van der Waals surface area contributed by atoms with Crippen molar-refractivity contribution >= 4 is 19.2 Å². The predicted octanol–water partition coefficient (Wildman–Crippen LogP) is 2.75. The number of rotatable bonds is 9. The van der Waals surface area contributed by atoms with Gasteiger partial charge in [-0.3, -0.25) is 9.36 Å². The largest absolute Gasteiger partial charge is 0.465 e. The maximum atomic E-state index is 11.9. The first-order valence-electron chi connectivity index (χ1n) is 6.18. The molecule has 0 saturated heterocycles. The van der Waals surface area contributed by atoms with E-state index in [-0.39, 0.29) is 37.0 Å². The van der Waals surface area contributed by atoms with Crippen LogP contribution in [-0.4, -0.2) is 25.8 Å². The van der Waals surface area contributed by atoms with Gasteiger partial charge in [-0.1, -0.05) is 0 Å². The van der Waals surface area contributed by atoms with Gasteiger partial charge in [0, 0.05) is 27.1 Å². The Balaban J connectivity index is 2.57. The Hall–Kier alpha value is -1.23. The fourth-order valence-corrected chi connectivity index (χ4v) is 2.55. The summed E-state index contributed by atoms with van der Waals surface area (Å²) < 4.78 is 27.0. The molecule has 0 aliphatic rings. The lowest BCUT2D eigenvalue weighted by Crippen LogP contribution is -2.04. The Morgan fingerprint density at radius 1 is 1.15 bits per heavy atom. The van der Waals surface area contributed by atoms with Crippen LogP contribution in [0.2, 0.25) is 0 Å². The average Bonchev–Trinajstić information content (AvgIpc) is 2.83. The zero-order chi connectivity index (χ0) is 15.2. The summed E-state index contributed by atoms with van der Waals surface area (Å²) in [5.41, 5.74) is 0. The van der Waals surface area contributed by atoms with Crippen LogP contribution in [0.3, 0.4) is 0 Å². The van der Waals surface area contributed by atoms with Crippen LogP contribution >= 0.6 is 7.60 Å². The van der Waals surface area contributed by atoms with Crippen molar-refractivity contribution in [2.45, 2.75) is 32.3 Å². The van der Waals surface area contributed by atoms with Crippen LogP contribution < -0.4 is 0 Å². The Kier molecular flexibility index (Phi) is 6.33. The summed E-state index contributed by atoms with van der Waals surface area (Å²) in [5.74, 6) is 0.834. The first kappa shape index (κ1) is 16.8. The maximum Gasteiger partial charge on any atom is 0.337 e. The van der Waals surface area contributed by atoms with Crippen molar-refractivity contribution in [1.82, 2.24) is 0 Å². The Bertz CT molecular complexity index is 511. The fourth-order valence-electron chi connectivity index (χ4n) is 1.59. The van der Waals surface area contributed by atoms with Gasteiger partial charge >= 0.3 is 7.60 Å². The highest BCUT2D eigenvalue weighted by atomic mass is 31.2. The van der Waals surface area contributed by atoms with E-state index in [1.165, 1.54) is 21.1 Å². The van der Waals surface area contributed by atoms with Gasteiger partial charge in [0.05, 0.1) is 6.42 Å². The molecule has 0 unspecified atom stereocenters. The van der Waals surface area contributed by atoms with Crippen LogP contribution in [0.15, 0.2) is 16.5 Å². The van der Waals surface area contributed by atoms with Crippen molar-refractivity contribution in [3.63, 3.8) is 0 Å². The van der Waals surface area contributed by atoms with Crippen molar-refractivity contribution in [2.24, 2.45) is 0 Å². The number of hydrogen-bond acceptors (Lipinski definition) is 6. The van der Waals surface area contributed by atoms with E-state index in [4.69, 9.17) is 13.5 Å². The van der Waals surface area contributed by atoms with Crippen molar-refractivity contribution in [2.75, 3.05) is 14.2 Å². The number of furan rings is 1. The molecule has 0 amide bonds. The van der Waals surface area contributed by atoms with Gasteiger partial charge in [0.2, 0.25) is 0 Å². The third kappa shape index (κ3) is 5.41. The van der Waals surface area contributed by atoms with Gasteiger partial charge in [0.25, 0.3) is 0 Å². The summed E-state index contributed by atoms with van der Waals surface area (Å²) in [4.78, 5) is 22.4. The van der Waals surface area contributed by atoms with Crippen LogP contribution in [-0.2, 0) is 35.8 Å². The highest BCUT2D eigenvalue weighted by Crippen LogP contribution is 2.49. The maximum absolute atomic E-state index is 11.9. The molecule has 1 rings (SSSR count). The molecule has 0 N–H and O–H groups in total. The van der Waals surface area contributed by atoms with Crippen LogP contribution in [0.5, 0.6) is 0 Å². The normalized spacial score (nSPS) is 11.6. The third-order valence-electron chi connectivity index (χ3n) is 2.75. The molecule has 0 bridgehead atoms. The highest BCUT2D eigenvalue weighted by Gasteiger charge is 2.23. The molecule has 1 aromatic rings. The summed E-state index contributed by atoms with van der Waals surface area (Å²) in [6, 6.07) is 3.29. The second-order valence-corrected chi connectivity index (χ2v) is 6.69. The van der Waals surface area contributed by atoms with E-state index in [2.05, 4.69) is 0 Å². The van der Waals surface area contributed by atoms with E-state index in [9.17, 15) is 14.2 Å². The number of ketones is 2. The van der Waals surface area contributed by atoms with E-state index < -0.39 is 7.60 Å². The number of carbonyl (C=O) groups excluding carboxylic acids is 2. The lowest BCUT2D eigenvalue weighted by Gasteiger charge is -2.11. The molecule has 0 fully saturated rings. The van der Waals surface area contributed by atoms with Gasteiger partial charge in [-0.15, -0.1) is 0 Å². The van der Waals surface area contributed by atoms with Gasteiger partial charge in [0.15, 0.2) is 0 Å². The number of Topliss-reactive ketones (excluding diaryl/α,β-unsaturated/α-hetero) is 2. The number of hydrogen-bond donors (Lipinski definition) is 0. The molecular weight excluding hydrogens is 283 g/mol. The van der Waals surface area contributed by atoms with Crippen LogP contribution in [0, 0.1) is 0 Å². The van der Waals surface area contributed by atoms with Gasteiger partial charge in [0.1, 0.15) is 29.2 Å². The molecule has 1 aromatic heterocycles. The molecule has 0 aromatic carbocycles. The quantitative estimate of drug-likeness (QED) is 0.652. The minimum absolute atomic E-state index is 0.0142. The summed E-state index contributed by atoms with van der Waals surface area (Å²) >= 11 is 0. The monoisotopic (exact) mass is 302 g/mol. The summed E-state index contributed by atoms with van der Waals surface area (Å²) in [5, 5.41) is 0. The first-order valence-corrected chi connectivity index (χ1v) is 7.90. The van der Waals surface area contributed by atoms with Crippen molar-refractivity contribution < 1.29 is 27.6 Å². The Morgan fingerprint density at radius 3 is 2.30 bits per heavy atom. The second kappa shape index (κ2) is 7.53. The molecule has 0 atom stereocenters. The molecule has 0 aliphatic heterocycles. The third-order valence-corrected chi connectivity index (χ3v) is 4.56. The number of carbonyl (C=O) groups is 2. The molecule has 1 heterocycles. The molecule has 6 nitrogen and oxygen atoms in total. The summed E-state index contributed by atoms with van der Waals surface area (Å²) in [6.45, 7) is 1.45. The standard InChI is InChI=1S/C13H19O6P/c1-10(14)4-5-11(15)8-12-6-7-13(19-12)9-20(16,17-2)18-3/h6-7H,4-5,8-9H2,1-3H3. The van der Waals surface area contributed by atoms with Gasteiger partial charge < -0.3 is 18.3 Å². The van der Waals surface area contributed by atoms with Crippen molar-refractivity contribution in [3.05, 3.63) is 23.7 Å². The SMILES string of the molecule is COP(=O)(Cc1ccc(CC(=O)CCC(C)=O)o1)OC.